The highest BCUT2D eigenvalue weighted by molar-refractivity contribution is 8.00. The number of rotatable bonds is 7. The van der Waals surface area contributed by atoms with Crippen LogP contribution >= 0.6 is 11.8 Å². The second kappa shape index (κ2) is 10.0. The van der Waals surface area contributed by atoms with Gasteiger partial charge in [-0.05, 0) is 19.8 Å². The maximum absolute atomic E-state index is 12.4. The van der Waals surface area contributed by atoms with E-state index in [1.54, 1.807) is 6.92 Å². The van der Waals surface area contributed by atoms with Gasteiger partial charge in [0.1, 0.15) is 0 Å². The first-order valence-electron chi connectivity index (χ1n) is 10.6. The average molecular weight is 451 g/mol. The maximum Gasteiger partial charge on any atom is 0.318 e. The Balaban J connectivity index is 1.81. The zero-order valence-corrected chi connectivity index (χ0v) is 18.7. The molecule has 1 saturated heterocycles. The average Bonchev–Trinajstić information content (AvgIpc) is 3.43. The molecular formula is C24H26N4O3S. The molecule has 0 aliphatic carbocycles. The summed E-state index contributed by atoms with van der Waals surface area (Å²) < 4.78 is 8.07. The van der Waals surface area contributed by atoms with Crippen LogP contribution in [0.15, 0.2) is 65.8 Å². The van der Waals surface area contributed by atoms with Gasteiger partial charge >= 0.3 is 6.03 Å². The normalized spacial score (nSPS) is 16.6. The van der Waals surface area contributed by atoms with Crippen molar-refractivity contribution >= 4 is 23.7 Å². The highest BCUT2D eigenvalue weighted by atomic mass is 32.2. The molecule has 8 heteroatoms. The molecule has 166 valence electrons. The van der Waals surface area contributed by atoms with Crippen LogP contribution in [0.2, 0.25) is 0 Å². The van der Waals surface area contributed by atoms with Crippen molar-refractivity contribution in [2.45, 2.75) is 42.8 Å². The summed E-state index contributed by atoms with van der Waals surface area (Å²) in [5.74, 6) is -0.448. The largest absolute Gasteiger partial charge is 0.376 e. The second-order valence-corrected chi connectivity index (χ2v) is 8.99. The first-order valence-corrected chi connectivity index (χ1v) is 11.5. The number of benzene rings is 2. The topological polar surface area (TPSA) is 99.2 Å². The zero-order valence-electron chi connectivity index (χ0n) is 17.9. The van der Waals surface area contributed by atoms with Crippen molar-refractivity contribution in [3.63, 3.8) is 0 Å². The van der Waals surface area contributed by atoms with E-state index in [0.717, 1.165) is 42.0 Å². The predicted octanol–water partition coefficient (Wildman–Crippen LogP) is 4.07. The molecule has 1 aliphatic rings. The molecule has 1 fully saturated rings. The summed E-state index contributed by atoms with van der Waals surface area (Å²) in [5.41, 5.74) is 8.99. The number of imidazole rings is 1. The van der Waals surface area contributed by atoms with Crippen molar-refractivity contribution in [2.24, 2.45) is 5.73 Å². The summed E-state index contributed by atoms with van der Waals surface area (Å²) in [6, 6.07) is 19.3. The number of carbonyl (C=O) groups is 2. The maximum atomic E-state index is 12.4. The van der Waals surface area contributed by atoms with Gasteiger partial charge in [0.05, 0.1) is 29.3 Å². The number of nitrogens with zero attached hydrogens (tertiary/aromatic N) is 2. The van der Waals surface area contributed by atoms with Crippen LogP contribution in [-0.2, 0) is 16.1 Å². The van der Waals surface area contributed by atoms with Gasteiger partial charge in [-0.25, -0.2) is 9.78 Å². The molecular weight excluding hydrogens is 424 g/mol. The number of nitrogens with one attached hydrogen (secondary N) is 1. The third-order valence-electron chi connectivity index (χ3n) is 5.34. The molecule has 32 heavy (non-hydrogen) atoms. The minimum Gasteiger partial charge on any atom is -0.376 e. The van der Waals surface area contributed by atoms with Gasteiger partial charge in [-0.3, -0.25) is 10.1 Å². The number of thioether (sulfide) groups is 1. The lowest BCUT2D eigenvalue weighted by molar-refractivity contribution is -0.119. The number of carbonyl (C=O) groups excluding carboxylic acids is 2. The van der Waals surface area contributed by atoms with Crippen LogP contribution < -0.4 is 11.1 Å². The molecule has 0 unspecified atom stereocenters. The van der Waals surface area contributed by atoms with Crippen LogP contribution in [0.5, 0.6) is 0 Å². The number of aromatic nitrogens is 2. The van der Waals surface area contributed by atoms with Crippen LogP contribution in [-0.4, -0.2) is 39.5 Å². The van der Waals surface area contributed by atoms with Gasteiger partial charge in [0.2, 0.25) is 5.91 Å². The monoisotopic (exact) mass is 450 g/mol. The molecule has 4 rings (SSSR count). The quantitative estimate of drug-likeness (QED) is 0.529. The highest BCUT2D eigenvalue weighted by Gasteiger charge is 2.27. The summed E-state index contributed by atoms with van der Waals surface area (Å²) >= 11 is 1.30. The van der Waals surface area contributed by atoms with E-state index in [4.69, 9.17) is 15.5 Å². The molecule has 3 aromatic rings. The smallest absolute Gasteiger partial charge is 0.318 e. The fourth-order valence-corrected chi connectivity index (χ4v) is 4.72. The lowest BCUT2D eigenvalue weighted by Gasteiger charge is -2.18. The summed E-state index contributed by atoms with van der Waals surface area (Å²) in [5, 5.41) is 2.30. The van der Waals surface area contributed by atoms with Crippen LogP contribution in [0.1, 0.15) is 19.8 Å². The Labute approximate surface area is 191 Å². The number of imide groups is 1. The van der Waals surface area contributed by atoms with Crippen molar-refractivity contribution in [2.75, 3.05) is 6.61 Å². The molecule has 1 aromatic heterocycles. The van der Waals surface area contributed by atoms with Gasteiger partial charge in [0, 0.05) is 17.7 Å². The van der Waals surface area contributed by atoms with Crippen molar-refractivity contribution in [3.05, 3.63) is 60.7 Å². The van der Waals surface area contributed by atoms with Crippen molar-refractivity contribution in [1.29, 1.82) is 0 Å². The first kappa shape index (κ1) is 22.1. The molecule has 1 aliphatic heterocycles. The Morgan fingerprint density at radius 1 is 1.16 bits per heavy atom. The summed E-state index contributed by atoms with van der Waals surface area (Å²) in [7, 11) is 0. The van der Waals surface area contributed by atoms with E-state index in [2.05, 4.69) is 22.0 Å². The molecule has 2 aromatic carbocycles. The van der Waals surface area contributed by atoms with Gasteiger partial charge < -0.3 is 15.0 Å². The first-order chi connectivity index (χ1) is 15.5. The van der Waals surface area contributed by atoms with Gasteiger partial charge in [-0.2, -0.15) is 0 Å². The van der Waals surface area contributed by atoms with Crippen LogP contribution in [0.4, 0.5) is 4.79 Å². The Kier molecular flexibility index (Phi) is 6.92. The molecule has 3 N–H and O–H groups in total. The predicted molar refractivity (Wildman–Crippen MR) is 125 cm³/mol. The Hall–Kier alpha value is -3.10. The fraction of sp³-hybridized carbons (Fsp3) is 0.292. The summed E-state index contributed by atoms with van der Waals surface area (Å²) in [6.07, 6.45) is 2.10. The van der Waals surface area contributed by atoms with Crippen molar-refractivity contribution in [1.82, 2.24) is 14.9 Å². The molecule has 0 saturated carbocycles. The molecule has 3 amide bonds. The fourth-order valence-electron chi connectivity index (χ4n) is 3.80. The number of hydrogen-bond donors (Lipinski definition) is 2. The Bertz CT molecular complexity index is 1080. The lowest BCUT2D eigenvalue weighted by Crippen LogP contribution is -2.39. The van der Waals surface area contributed by atoms with Gasteiger partial charge in [-0.1, -0.05) is 72.4 Å². The SMILES string of the molecule is C[C@H](Sc1nc(-c2ccccc2)c(-c2ccccc2)n1C[C@@H]1CCCO1)C(=O)NC(N)=O. The number of ether oxygens (including phenoxy) is 1. The molecule has 2 atom stereocenters. The van der Waals surface area contributed by atoms with Gasteiger partial charge in [0.15, 0.2) is 5.16 Å². The molecule has 0 radical (unpaired) electrons. The minimum atomic E-state index is -0.861. The van der Waals surface area contributed by atoms with Crippen molar-refractivity contribution in [3.8, 4) is 22.5 Å². The number of nitrogens with two attached hydrogens (primary N) is 1. The third kappa shape index (κ3) is 5.03. The summed E-state index contributed by atoms with van der Waals surface area (Å²) in [6.45, 7) is 3.13. The van der Waals surface area contributed by atoms with E-state index in [0.29, 0.717) is 11.7 Å². The lowest BCUT2D eigenvalue weighted by atomic mass is 10.0. The third-order valence-corrected chi connectivity index (χ3v) is 6.43. The van der Waals surface area contributed by atoms with Crippen molar-refractivity contribution < 1.29 is 14.3 Å². The van der Waals surface area contributed by atoms with Gasteiger partial charge in [-0.15, -0.1) is 0 Å². The molecule has 2 heterocycles. The molecule has 7 nitrogen and oxygen atoms in total. The van der Waals surface area contributed by atoms with Crippen LogP contribution in [0, 0.1) is 0 Å². The summed E-state index contributed by atoms with van der Waals surface area (Å²) in [4.78, 5) is 28.5. The van der Waals surface area contributed by atoms with E-state index in [1.165, 1.54) is 11.8 Å². The number of primary amides is 1. The van der Waals surface area contributed by atoms with Gasteiger partial charge in [0.25, 0.3) is 0 Å². The van der Waals surface area contributed by atoms with Crippen LogP contribution in [0.3, 0.4) is 0 Å². The number of amides is 3. The van der Waals surface area contributed by atoms with Crippen LogP contribution in [0.25, 0.3) is 22.5 Å². The molecule has 0 spiro atoms. The van der Waals surface area contributed by atoms with E-state index in [-0.39, 0.29) is 6.10 Å². The highest BCUT2D eigenvalue weighted by Crippen LogP contribution is 2.37. The number of urea groups is 1. The molecule has 0 bridgehead atoms. The van der Waals surface area contributed by atoms with E-state index >= 15 is 0 Å². The Morgan fingerprint density at radius 2 is 1.81 bits per heavy atom. The zero-order chi connectivity index (χ0) is 22.5. The van der Waals surface area contributed by atoms with E-state index in [9.17, 15) is 9.59 Å². The minimum absolute atomic E-state index is 0.0874. The van der Waals surface area contributed by atoms with E-state index < -0.39 is 17.2 Å². The standard InChI is InChI=1S/C24H26N4O3S/c1-16(22(29)27-23(25)30)32-24-26-20(17-9-4-2-5-10-17)21(18-11-6-3-7-12-18)28(24)15-19-13-8-14-31-19/h2-7,9-12,16,19H,8,13-15H2,1H3,(H3,25,27,29,30)/t16-,19-/m0/s1. The number of hydrogen-bond acceptors (Lipinski definition) is 5. The second-order valence-electron chi connectivity index (χ2n) is 7.68. The Morgan fingerprint density at radius 3 is 2.41 bits per heavy atom. The van der Waals surface area contributed by atoms with E-state index in [1.807, 2.05) is 48.5 Å².